The number of sulfone groups is 1. The van der Waals surface area contributed by atoms with Crippen molar-refractivity contribution in [2.75, 3.05) is 6.26 Å². The number of aliphatic carboxylic acids is 1. The van der Waals surface area contributed by atoms with Crippen molar-refractivity contribution in [3.63, 3.8) is 0 Å². The van der Waals surface area contributed by atoms with Crippen LogP contribution in [0.15, 0.2) is 0 Å². The quantitative estimate of drug-likeness (QED) is 0.692. The van der Waals surface area contributed by atoms with Crippen molar-refractivity contribution in [1.29, 1.82) is 0 Å². The van der Waals surface area contributed by atoms with Crippen LogP contribution < -0.4 is 0 Å². The van der Waals surface area contributed by atoms with Gasteiger partial charge in [-0.15, -0.1) is 5.10 Å². The Hall–Kier alpha value is -1.51. The summed E-state index contributed by atoms with van der Waals surface area (Å²) < 4.78 is 23.4. The first-order valence-electron chi connectivity index (χ1n) is 4.53. The second-order valence-corrected chi connectivity index (χ2v) is 5.53. The highest BCUT2D eigenvalue weighted by Crippen LogP contribution is 2.01. The van der Waals surface area contributed by atoms with Gasteiger partial charge in [-0.05, 0) is 16.8 Å². The molecule has 1 aromatic heterocycles. The number of carboxylic acids is 1. The maximum absolute atomic E-state index is 11.0. The fraction of sp³-hybridized carbons (Fsp3) is 0.714. The van der Waals surface area contributed by atoms with E-state index in [4.69, 9.17) is 5.11 Å². The lowest BCUT2D eigenvalue weighted by molar-refractivity contribution is -0.137. The van der Waals surface area contributed by atoms with Crippen LogP contribution in [-0.2, 0) is 26.9 Å². The first kappa shape index (κ1) is 12.6. The molecule has 0 bridgehead atoms. The van der Waals surface area contributed by atoms with Crippen molar-refractivity contribution < 1.29 is 18.3 Å². The van der Waals surface area contributed by atoms with Gasteiger partial charge in [0.2, 0.25) is 0 Å². The van der Waals surface area contributed by atoms with Crippen LogP contribution in [0.2, 0.25) is 0 Å². The lowest BCUT2D eigenvalue weighted by Crippen LogP contribution is -2.11. The van der Waals surface area contributed by atoms with Crippen molar-refractivity contribution in [1.82, 2.24) is 20.2 Å². The molecule has 0 spiro atoms. The van der Waals surface area contributed by atoms with Gasteiger partial charge in [0.25, 0.3) is 0 Å². The Bertz CT molecular complexity index is 466. The molecule has 0 saturated heterocycles. The van der Waals surface area contributed by atoms with Crippen LogP contribution in [0, 0.1) is 0 Å². The van der Waals surface area contributed by atoms with E-state index in [2.05, 4.69) is 15.5 Å². The first-order valence-corrected chi connectivity index (χ1v) is 6.59. The molecule has 0 saturated carbocycles. The molecule has 1 heterocycles. The van der Waals surface area contributed by atoms with Crippen molar-refractivity contribution >= 4 is 15.8 Å². The second kappa shape index (κ2) is 5.01. The third kappa shape index (κ3) is 4.34. The minimum absolute atomic E-state index is 0.00181. The lowest BCUT2D eigenvalue weighted by Gasteiger charge is -2.01. The van der Waals surface area contributed by atoms with Crippen molar-refractivity contribution in [3.05, 3.63) is 5.82 Å². The predicted molar refractivity (Wildman–Crippen MR) is 53.2 cm³/mol. The van der Waals surface area contributed by atoms with E-state index in [1.807, 2.05) is 0 Å². The summed E-state index contributed by atoms with van der Waals surface area (Å²) in [6.07, 6.45) is 1.44. The van der Waals surface area contributed by atoms with Gasteiger partial charge < -0.3 is 5.11 Å². The molecule has 1 N–H and O–H groups in total. The van der Waals surface area contributed by atoms with Gasteiger partial charge in [0, 0.05) is 19.2 Å². The highest BCUT2D eigenvalue weighted by molar-refractivity contribution is 7.89. The molecule has 0 aliphatic rings. The maximum Gasteiger partial charge on any atom is 0.303 e. The molecular formula is C7H12N4O4S. The SMILES string of the molecule is CS(=O)(=O)Cc1nnnn1CCCC(=O)O. The first-order chi connectivity index (χ1) is 7.38. The van der Waals surface area contributed by atoms with Crippen LogP contribution in [0.1, 0.15) is 18.7 Å². The largest absolute Gasteiger partial charge is 0.481 e. The van der Waals surface area contributed by atoms with Gasteiger partial charge in [-0.3, -0.25) is 4.79 Å². The zero-order valence-electron chi connectivity index (χ0n) is 8.70. The molecule has 0 atom stereocenters. The number of carbonyl (C=O) groups is 1. The Morgan fingerprint density at radius 2 is 2.19 bits per heavy atom. The summed E-state index contributed by atoms with van der Waals surface area (Å²) in [7, 11) is -3.19. The Labute approximate surface area is 92.2 Å². The minimum Gasteiger partial charge on any atom is -0.481 e. The van der Waals surface area contributed by atoms with E-state index < -0.39 is 15.8 Å². The fourth-order valence-corrected chi connectivity index (χ4v) is 1.79. The van der Waals surface area contributed by atoms with E-state index in [9.17, 15) is 13.2 Å². The number of aromatic nitrogens is 4. The van der Waals surface area contributed by atoms with Crippen LogP contribution in [0.25, 0.3) is 0 Å². The normalized spacial score (nSPS) is 11.6. The van der Waals surface area contributed by atoms with E-state index in [-0.39, 0.29) is 18.0 Å². The van der Waals surface area contributed by atoms with Gasteiger partial charge >= 0.3 is 5.97 Å². The second-order valence-electron chi connectivity index (χ2n) is 3.39. The molecule has 0 radical (unpaired) electrons. The van der Waals surface area contributed by atoms with Crippen LogP contribution >= 0.6 is 0 Å². The standard InChI is InChI=1S/C7H12N4O4S/c1-16(14,15)5-6-8-9-10-11(6)4-2-3-7(12)13/h2-5H2,1H3,(H,12,13). The third-order valence-electron chi connectivity index (χ3n) is 1.76. The third-order valence-corrected chi connectivity index (χ3v) is 2.54. The number of tetrazole rings is 1. The molecule has 9 heteroatoms. The summed E-state index contributed by atoms with van der Waals surface area (Å²) in [5, 5.41) is 19.0. The Kier molecular flexibility index (Phi) is 3.93. The number of aryl methyl sites for hydroxylation is 1. The Balaban J connectivity index is 2.60. The molecule has 0 amide bonds. The predicted octanol–water partition coefficient (Wildman–Crippen LogP) is -0.918. The van der Waals surface area contributed by atoms with E-state index in [1.54, 1.807) is 0 Å². The molecule has 0 aliphatic heterocycles. The van der Waals surface area contributed by atoms with Gasteiger partial charge in [0.1, 0.15) is 5.75 Å². The van der Waals surface area contributed by atoms with Crippen LogP contribution in [-0.4, -0.2) is 46.0 Å². The van der Waals surface area contributed by atoms with Crippen LogP contribution in [0.4, 0.5) is 0 Å². The van der Waals surface area contributed by atoms with Crippen molar-refractivity contribution in [3.8, 4) is 0 Å². The molecule has 0 aromatic carbocycles. The summed E-state index contributed by atoms with van der Waals surface area (Å²) in [5.74, 6) is -0.918. The van der Waals surface area contributed by atoms with E-state index in [0.717, 1.165) is 6.26 Å². The molecule has 0 aliphatic carbocycles. The summed E-state index contributed by atoms with van der Waals surface area (Å²) in [4.78, 5) is 10.3. The Morgan fingerprint density at radius 3 is 2.75 bits per heavy atom. The average molecular weight is 248 g/mol. The number of rotatable bonds is 6. The van der Waals surface area contributed by atoms with Crippen LogP contribution in [0.5, 0.6) is 0 Å². The smallest absolute Gasteiger partial charge is 0.303 e. The van der Waals surface area contributed by atoms with E-state index in [0.29, 0.717) is 13.0 Å². The van der Waals surface area contributed by atoms with Crippen molar-refractivity contribution in [2.24, 2.45) is 0 Å². The summed E-state index contributed by atoms with van der Waals surface area (Å²) in [6, 6.07) is 0. The number of hydrogen-bond donors (Lipinski definition) is 1. The minimum atomic E-state index is -3.19. The highest BCUT2D eigenvalue weighted by Gasteiger charge is 2.12. The topological polar surface area (TPSA) is 115 Å². The van der Waals surface area contributed by atoms with E-state index in [1.165, 1.54) is 4.68 Å². The zero-order valence-corrected chi connectivity index (χ0v) is 9.51. The van der Waals surface area contributed by atoms with Gasteiger partial charge in [-0.2, -0.15) is 0 Å². The summed E-state index contributed by atoms with van der Waals surface area (Å²) >= 11 is 0. The Morgan fingerprint density at radius 1 is 1.50 bits per heavy atom. The fourth-order valence-electron chi connectivity index (χ4n) is 1.11. The number of hydrogen-bond acceptors (Lipinski definition) is 6. The molecule has 1 aromatic rings. The average Bonchev–Trinajstić information content (AvgIpc) is 2.49. The molecular weight excluding hydrogens is 236 g/mol. The molecule has 0 unspecified atom stereocenters. The molecule has 0 fully saturated rings. The maximum atomic E-state index is 11.0. The van der Waals surface area contributed by atoms with E-state index >= 15 is 0 Å². The molecule has 16 heavy (non-hydrogen) atoms. The van der Waals surface area contributed by atoms with Crippen LogP contribution in [0.3, 0.4) is 0 Å². The number of nitrogens with zero attached hydrogens (tertiary/aromatic N) is 4. The van der Waals surface area contributed by atoms with Gasteiger partial charge in [-0.25, -0.2) is 13.1 Å². The number of carboxylic acid groups (broad SMARTS) is 1. The lowest BCUT2D eigenvalue weighted by atomic mass is 10.3. The summed E-state index contributed by atoms with van der Waals surface area (Å²) in [5.41, 5.74) is 0. The van der Waals surface area contributed by atoms with Gasteiger partial charge in [-0.1, -0.05) is 0 Å². The zero-order chi connectivity index (χ0) is 12.2. The molecule has 90 valence electrons. The molecule has 8 nitrogen and oxygen atoms in total. The summed E-state index contributed by atoms with van der Waals surface area (Å²) in [6.45, 7) is 0.296. The van der Waals surface area contributed by atoms with Crippen molar-refractivity contribution in [2.45, 2.75) is 25.1 Å². The molecule has 1 rings (SSSR count). The monoisotopic (exact) mass is 248 g/mol. The van der Waals surface area contributed by atoms with Gasteiger partial charge in [0.05, 0.1) is 0 Å². The highest BCUT2D eigenvalue weighted by atomic mass is 32.2. The van der Waals surface area contributed by atoms with Gasteiger partial charge in [0.15, 0.2) is 15.7 Å².